The molecule has 50 heavy (non-hydrogen) atoms. The first kappa shape index (κ1) is 29.2. The van der Waals surface area contributed by atoms with Crippen LogP contribution in [0.4, 0.5) is 11.4 Å². The number of para-hydroxylation sites is 2. The van der Waals surface area contributed by atoms with Crippen molar-refractivity contribution in [3.63, 3.8) is 0 Å². The zero-order valence-corrected chi connectivity index (χ0v) is 29.2. The number of hydrogen-bond donors (Lipinski definition) is 1. The van der Waals surface area contributed by atoms with Crippen LogP contribution < -0.4 is 9.80 Å². The summed E-state index contributed by atoms with van der Waals surface area (Å²) in [7, 11) is 0. The fraction of sp³-hybridized carbons (Fsp3) is 0.500. The molecule has 256 valence electrons. The summed E-state index contributed by atoms with van der Waals surface area (Å²) in [5, 5.41) is 10.5. The van der Waals surface area contributed by atoms with Gasteiger partial charge in [-0.1, -0.05) is 61.7 Å². The van der Waals surface area contributed by atoms with Crippen molar-refractivity contribution in [3.8, 4) is 0 Å². The monoisotopic (exact) mass is 666 g/mol. The number of rotatable bonds is 5. The second kappa shape index (κ2) is 9.51. The van der Waals surface area contributed by atoms with Crippen molar-refractivity contribution in [3.05, 3.63) is 120 Å². The number of fused-ring (bicyclic) bond motifs is 7. The van der Waals surface area contributed by atoms with E-state index in [2.05, 4.69) is 102 Å². The minimum Gasteiger partial charge on any atom is -0.392 e. The van der Waals surface area contributed by atoms with E-state index in [1.165, 1.54) is 42.8 Å². The second-order valence-electron chi connectivity index (χ2n) is 17.8. The summed E-state index contributed by atoms with van der Waals surface area (Å²) >= 11 is 0. The van der Waals surface area contributed by atoms with E-state index in [1.54, 1.807) is 22.3 Å². The molecule has 8 aliphatic heterocycles. The van der Waals surface area contributed by atoms with Gasteiger partial charge in [-0.15, -0.1) is 0 Å². The van der Waals surface area contributed by atoms with Crippen LogP contribution in [0, 0.1) is 17.8 Å². The van der Waals surface area contributed by atoms with E-state index in [9.17, 15) is 5.11 Å². The third kappa shape index (κ3) is 3.01. The lowest BCUT2D eigenvalue weighted by molar-refractivity contribution is -0.937. The van der Waals surface area contributed by atoms with E-state index < -0.39 is 0 Å². The molecule has 6 nitrogen and oxygen atoms in total. The average molecular weight is 667 g/mol. The van der Waals surface area contributed by atoms with E-state index in [4.69, 9.17) is 4.74 Å². The van der Waals surface area contributed by atoms with Gasteiger partial charge in [0.1, 0.15) is 31.4 Å². The largest absolute Gasteiger partial charge is 0.392 e. The maximum atomic E-state index is 10.5. The van der Waals surface area contributed by atoms with Crippen molar-refractivity contribution < 1.29 is 18.8 Å². The minimum atomic E-state index is -0.00591. The second-order valence-corrected chi connectivity index (χ2v) is 17.8. The molecule has 12 rings (SSSR count). The highest BCUT2D eigenvalue weighted by Crippen LogP contribution is 2.71. The van der Waals surface area contributed by atoms with Crippen LogP contribution in [-0.4, -0.2) is 97.0 Å². The topological polar surface area (TPSA) is 35.9 Å². The maximum absolute atomic E-state index is 10.5. The van der Waals surface area contributed by atoms with Gasteiger partial charge in [0.25, 0.3) is 0 Å². The quantitative estimate of drug-likeness (QED) is 0.335. The summed E-state index contributed by atoms with van der Waals surface area (Å²) in [4.78, 5) is 5.74. The van der Waals surface area contributed by atoms with Gasteiger partial charge in [0, 0.05) is 61.0 Å². The highest BCUT2D eigenvalue weighted by molar-refractivity contribution is 5.74. The molecule has 1 N–H and O–H groups in total. The number of quaternary nitrogens is 2. The molecule has 2 aromatic carbocycles. The fourth-order valence-corrected chi connectivity index (χ4v) is 15.5. The summed E-state index contributed by atoms with van der Waals surface area (Å²) in [5.74, 6) is 1.20. The van der Waals surface area contributed by atoms with Gasteiger partial charge in [0.05, 0.1) is 62.3 Å². The summed E-state index contributed by atoms with van der Waals surface area (Å²) in [6.07, 6.45) is 16.6. The summed E-state index contributed by atoms with van der Waals surface area (Å²) in [6, 6.07) is 20.8. The number of nitrogens with zero attached hydrogens (tertiary/aromatic N) is 4. The Morgan fingerprint density at radius 3 is 2.36 bits per heavy atom. The van der Waals surface area contributed by atoms with Crippen LogP contribution in [0.3, 0.4) is 0 Å². The summed E-state index contributed by atoms with van der Waals surface area (Å²) in [6.45, 7) is 16.0. The predicted molar refractivity (Wildman–Crippen MR) is 196 cm³/mol. The predicted octanol–water partition coefficient (Wildman–Crippen LogP) is 5.57. The first-order valence-electron chi connectivity index (χ1n) is 19.6. The lowest BCUT2D eigenvalue weighted by atomic mass is 9.53. The molecule has 0 aromatic heterocycles. The Labute approximate surface area is 296 Å². The highest BCUT2D eigenvalue weighted by Gasteiger charge is 2.78. The molecule has 2 aromatic rings. The van der Waals surface area contributed by atoms with Crippen LogP contribution in [0.2, 0.25) is 0 Å². The number of aliphatic hydroxyl groups is 1. The number of anilines is 2. The molecule has 10 aliphatic rings. The lowest BCUT2D eigenvalue weighted by Crippen LogP contribution is -2.74. The molecule has 6 fully saturated rings. The minimum absolute atomic E-state index is 0.00591. The number of ether oxygens (including phenoxy) is 1. The molecule has 8 heterocycles. The molecule has 0 radical (unpaired) electrons. The lowest BCUT2D eigenvalue weighted by Gasteiger charge is -2.62. The number of aliphatic hydroxyl groups excluding tert-OH is 1. The van der Waals surface area contributed by atoms with Crippen molar-refractivity contribution in [2.45, 2.75) is 66.9 Å². The first-order chi connectivity index (χ1) is 24.5. The highest BCUT2D eigenvalue weighted by atomic mass is 16.5. The van der Waals surface area contributed by atoms with Crippen molar-refractivity contribution in [1.29, 1.82) is 0 Å². The van der Waals surface area contributed by atoms with Crippen molar-refractivity contribution in [2.24, 2.45) is 17.8 Å². The van der Waals surface area contributed by atoms with Crippen molar-refractivity contribution in [2.75, 3.05) is 62.3 Å². The zero-order chi connectivity index (χ0) is 33.2. The zero-order valence-electron chi connectivity index (χ0n) is 29.2. The SMILES string of the molecule is C=CC[N+]12CC[C@@]34c5ccccc5N5/C=C6\C7N(c8ccccc8[C@@]78CC[N+]7(CC=C)C/C(=C/CO)[C@@H]6C[C@@H]87)[C@@H]6OCC=C(C1)[C@H](C[C@@H]32)C6C54. The maximum Gasteiger partial charge on any atom is 0.136 e. The van der Waals surface area contributed by atoms with Gasteiger partial charge >= 0.3 is 0 Å². The Balaban J connectivity index is 1.17. The van der Waals surface area contributed by atoms with Crippen LogP contribution in [-0.2, 0) is 15.6 Å². The van der Waals surface area contributed by atoms with Crippen LogP contribution in [0.5, 0.6) is 0 Å². The van der Waals surface area contributed by atoms with Crippen LogP contribution in [0.25, 0.3) is 0 Å². The fourth-order valence-electron chi connectivity index (χ4n) is 15.5. The van der Waals surface area contributed by atoms with Gasteiger partial charge in [-0.25, -0.2) is 0 Å². The molecule has 2 aliphatic carbocycles. The molecule has 2 spiro atoms. The van der Waals surface area contributed by atoms with E-state index in [-0.39, 0.29) is 29.7 Å². The van der Waals surface area contributed by atoms with E-state index in [1.807, 2.05) is 0 Å². The molecule has 4 saturated heterocycles. The molecule has 0 amide bonds. The summed E-state index contributed by atoms with van der Waals surface area (Å²) in [5.41, 5.74) is 10.8. The Hall–Kier alpha value is -3.42. The Morgan fingerprint density at radius 2 is 1.58 bits per heavy atom. The standard InChI is InChI=1S/C44H50N4O2/c1-3-17-47-19-15-43-34-10-6-8-12-36(34)46-40(43)32(30(23-37(43)47)28(26-47)13-21-49)25-45-35-11-7-5-9-33(35)44-16-20-48(18-4-2)27-29-14-22-50-42(46)39(41(44)45)31(29)24-38(44)48/h3-14,25,30-31,37-42,49H,1-2,15-24,26-27H2/q+2/b28-13-,32-25-/t30-,31-,37-,38-,39?,40?,41?,42+,43+,44+,47?,48?/m0/s1. The van der Waals surface area contributed by atoms with Crippen LogP contribution in [0.15, 0.2) is 109 Å². The molecule has 2 saturated carbocycles. The van der Waals surface area contributed by atoms with Crippen molar-refractivity contribution in [1.82, 2.24) is 0 Å². The average Bonchev–Trinajstić information content (AvgIpc) is 3.78. The van der Waals surface area contributed by atoms with E-state index in [0.717, 1.165) is 48.1 Å². The molecule has 4 bridgehead atoms. The Bertz CT molecular complexity index is 1980. The molecule has 12 atom stereocenters. The van der Waals surface area contributed by atoms with Crippen molar-refractivity contribution >= 4 is 11.4 Å². The third-order valence-electron chi connectivity index (χ3n) is 16.7. The molecule has 5 unspecified atom stereocenters. The van der Waals surface area contributed by atoms with Gasteiger partial charge in [-0.05, 0) is 52.1 Å². The summed E-state index contributed by atoms with van der Waals surface area (Å²) < 4.78 is 9.69. The van der Waals surface area contributed by atoms with Gasteiger partial charge in [-0.3, -0.25) is 0 Å². The third-order valence-corrected chi connectivity index (χ3v) is 16.7. The van der Waals surface area contributed by atoms with Crippen LogP contribution >= 0.6 is 0 Å². The molecule has 6 heteroatoms. The Kier molecular flexibility index (Phi) is 5.55. The molecular formula is C44H50N4O2+2. The van der Waals surface area contributed by atoms with E-state index in [0.29, 0.717) is 42.5 Å². The van der Waals surface area contributed by atoms with Gasteiger partial charge in [-0.2, -0.15) is 0 Å². The number of piperidine rings is 2. The Morgan fingerprint density at radius 1 is 0.880 bits per heavy atom. The van der Waals surface area contributed by atoms with Gasteiger partial charge in [0.15, 0.2) is 0 Å². The number of benzene rings is 2. The first-order valence-corrected chi connectivity index (χ1v) is 19.6. The smallest absolute Gasteiger partial charge is 0.136 e. The van der Waals surface area contributed by atoms with Crippen LogP contribution in [0.1, 0.15) is 36.8 Å². The van der Waals surface area contributed by atoms with Gasteiger partial charge < -0.3 is 28.6 Å². The normalized spacial score (nSPS) is 47.7. The van der Waals surface area contributed by atoms with E-state index >= 15 is 0 Å². The number of hydrogen-bond acceptors (Lipinski definition) is 4. The molecular weight excluding hydrogens is 617 g/mol. The van der Waals surface area contributed by atoms with Gasteiger partial charge in [0.2, 0.25) is 0 Å².